The van der Waals surface area contributed by atoms with Gasteiger partial charge in [0.1, 0.15) is 0 Å². The largest absolute Gasteiger partial charge is 0.379 e. The van der Waals surface area contributed by atoms with Crippen LogP contribution in [0.2, 0.25) is 0 Å². The zero-order valence-electron chi connectivity index (χ0n) is 18.5. The van der Waals surface area contributed by atoms with E-state index in [4.69, 9.17) is 4.74 Å². The molecule has 0 aliphatic carbocycles. The number of ether oxygens (including phenoxy) is 1. The number of morpholine rings is 1. The zero-order valence-corrected chi connectivity index (χ0v) is 19.3. The molecule has 1 saturated heterocycles. The van der Waals surface area contributed by atoms with E-state index >= 15 is 0 Å². The van der Waals surface area contributed by atoms with Crippen molar-refractivity contribution in [2.45, 2.75) is 24.4 Å². The molecule has 1 heterocycles. The van der Waals surface area contributed by atoms with Crippen molar-refractivity contribution in [1.82, 2.24) is 15.5 Å². The smallest absolute Gasteiger partial charge is 0.191 e. The molecule has 2 N–H and O–H groups in total. The van der Waals surface area contributed by atoms with Gasteiger partial charge in [-0.15, -0.1) is 0 Å². The average molecular weight is 445 g/mol. The summed E-state index contributed by atoms with van der Waals surface area (Å²) in [7, 11) is -1.46. The fourth-order valence-electron chi connectivity index (χ4n) is 3.86. The first-order chi connectivity index (χ1) is 14.9. The van der Waals surface area contributed by atoms with E-state index in [1.165, 1.54) is 11.8 Å². The third-order valence-electron chi connectivity index (χ3n) is 5.46. The third-order valence-corrected chi connectivity index (χ3v) is 6.71. The Balaban J connectivity index is 1.62. The van der Waals surface area contributed by atoms with Crippen LogP contribution in [0.4, 0.5) is 0 Å². The van der Waals surface area contributed by atoms with Gasteiger partial charge >= 0.3 is 0 Å². The summed E-state index contributed by atoms with van der Waals surface area (Å²) in [6, 6.07) is 16.1. The average Bonchev–Trinajstić information content (AvgIpc) is 2.76. The minimum Gasteiger partial charge on any atom is -0.379 e. The molecule has 1 atom stereocenters. The van der Waals surface area contributed by atoms with Crippen molar-refractivity contribution in [2.75, 3.05) is 46.2 Å². The molecular weight excluding hydrogens is 412 g/mol. The van der Waals surface area contributed by atoms with Gasteiger partial charge in [-0.25, -0.2) is 8.42 Å². The molecule has 0 spiro atoms. The Morgan fingerprint density at radius 2 is 1.84 bits per heavy atom. The minimum absolute atomic E-state index is 0.222. The maximum Gasteiger partial charge on any atom is 0.191 e. The van der Waals surface area contributed by atoms with Crippen LogP contribution in [0, 0.1) is 6.92 Å². The van der Waals surface area contributed by atoms with Gasteiger partial charge < -0.3 is 15.4 Å². The van der Waals surface area contributed by atoms with Gasteiger partial charge in [0.05, 0.1) is 24.2 Å². The van der Waals surface area contributed by atoms with Crippen LogP contribution in [-0.2, 0) is 21.1 Å². The van der Waals surface area contributed by atoms with E-state index in [1.54, 1.807) is 13.1 Å². The lowest BCUT2D eigenvalue weighted by molar-refractivity contribution is 0.0170. The fraction of sp³-hybridized carbons (Fsp3) is 0.435. The van der Waals surface area contributed by atoms with Crippen molar-refractivity contribution < 1.29 is 13.2 Å². The quantitative estimate of drug-likeness (QED) is 0.503. The van der Waals surface area contributed by atoms with Gasteiger partial charge in [0.15, 0.2) is 15.8 Å². The minimum atomic E-state index is -3.21. The summed E-state index contributed by atoms with van der Waals surface area (Å²) in [5, 5.41) is 6.77. The topological polar surface area (TPSA) is 83.0 Å². The van der Waals surface area contributed by atoms with Crippen molar-refractivity contribution in [3.05, 3.63) is 65.2 Å². The second-order valence-corrected chi connectivity index (χ2v) is 9.74. The SMILES string of the molecule is CN=C(NCc1ccc(S(C)(=O)=O)c(C)c1)NCC(c1ccccc1)N1CCOCC1. The Kier molecular flexibility index (Phi) is 8.06. The lowest BCUT2D eigenvalue weighted by atomic mass is 10.0. The van der Waals surface area contributed by atoms with Gasteiger partial charge in [0.2, 0.25) is 0 Å². The molecule has 8 heteroatoms. The Hall–Kier alpha value is -2.42. The van der Waals surface area contributed by atoms with E-state index in [-0.39, 0.29) is 6.04 Å². The summed E-state index contributed by atoms with van der Waals surface area (Å²) >= 11 is 0. The Labute approximate surface area is 185 Å². The number of aryl methyl sites for hydroxylation is 1. The molecular formula is C23H32N4O3S. The molecule has 0 aromatic heterocycles. The first-order valence-corrected chi connectivity index (χ1v) is 12.4. The van der Waals surface area contributed by atoms with E-state index in [1.807, 2.05) is 25.1 Å². The third kappa shape index (κ3) is 6.53. The highest BCUT2D eigenvalue weighted by atomic mass is 32.2. The summed E-state index contributed by atoms with van der Waals surface area (Å²) in [4.78, 5) is 7.16. The first-order valence-electron chi connectivity index (χ1n) is 10.5. The number of guanidine groups is 1. The van der Waals surface area contributed by atoms with Crippen molar-refractivity contribution in [3.63, 3.8) is 0 Å². The van der Waals surface area contributed by atoms with Crippen molar-refractivity contribution in [1.29, 1.82) is 0 Å². The number of hydrogen-bond acceptors (Lipinski definition) is 5. The molecule has 31 heavy (non-hydrogen) atoms. The standard InChI is InChI=1S/C23H32N4O3S/c1-18-15-19(9-10-22(18)31(3,28)29)16-25-23(24-2)26-17-21(20-7-5-4-6-8-20)27-11-13-30-14-12-27/h4-10,15,21H,11-14,16-17H2,1-3H3,(H2,24,25,26). The molecule has 2 aromatic carbocycles. The van der Waals surface area contributed by atoms with Crippen molar-refractivity contribution in [3.8, 4) is 0 Å². The normalized spacial score (nSPS) is 16.7. The van der Waals surface area contributed by atoms with Gasteiger partial charge in [0.25, 0.3) is 0 Å². The Morgan fingerprint density at radius 3 is 2.45 bits per heavy atom. The molecule has 1 aliphatic rings. The van der Waals surface area contributed by atoms with Crippen LogP contribution in [0.25, 0.3) is 0 Å². The molecule has 1 unspecified atom stereocenters. The predicted molar refractivity (Wildman–Crippen MR) is 124 cm³/mol. The fourth-order valence-corrected chi connectivity index (χ4v) is 4.82. The molecule has 168 valence electrons. The van der Waals surface area contributed by atoms with E-state index < -0.39 is 9.84 Å². The number of hydrogen-bond donors (Lipinski definition) is 2. The summed E-state index contributed by atoms with van der Waals surface area (Å²) in [6.07, 6.45) is 1.23. The van der Waals surface area contributed by atoms with Crippen molar-refractivity contribution >= 4 is 15.8 Å². The molecule has 2 aromatic rings. The molecule has 0 radical (unpaired) electrons. The van der Waals surface area contributed by atoms with Gasteiger partial charge in [0, 0.05) is 39.5 Å². The number of aliphatic imine (C=N–C) groups is 1. The molecule has 7 nitrogen and oxygen atoms in total. The van der Waals surface area contributed by atoms with E-state index in [9.17, 15) is 8.42 Å². The monoisotopic (exact) mass is 444 g/mol. The Bertz CT molecular complexity index is 987. The first kappa shape index (κ1) is 23.2. The number of rotatable bonds is 7. The van der Waals surface area contributed by atoms with Crippen LogP contribution in [0.1, 0.15) is 22.7 Å². The van der Waals surface area contributed by atoms with Crippen LogP contribution >= 0.6 is 0 Å². The lowest BCUT2D eigenvalue weighted by Gasteiger charge is -2.35. The maximum absolute atomic E-state index is 11.8. The summed E-state index contributed by atoms with van der Waals surface area (Å²) in [6.45, 7) is 6.39. The molecule has 1 aliphatic heterocycles. The van der Waals surface area contributed by atoms with Gasteiger partial charge in [-0.2, -0.15) is 0 Å². The van der Waals surface area contributed by atoms with E-state index in [0.717, 1.165) is 44.0 Å². The number of nitrogens with zero attached hydrogens (tertiary/aromatic N) is 2. The maximum atomic E-state index is 11.8. The van der Waals surface area contributed by atoms with Crippen molar-refractivity contribution in [2.24, 2.45) is 4.99 Å². The summed E-state index contributed by atoms with van der Waals surface area (Å²) in [5.41, 5.74) is 3.01. The molecule has 3 rings (SSSR count). The second-order valence-electron chi connectivity index (χ2n) is 7.75. The highest BCUT2D eigenvalue weighted by molar-refractivity contribution is 7.90. The zero-order chi connectivity index (χ0) is 22.3. The van der Waals surface area contributed by atoms with E-state index in [2.05, 4.69) is 44.8 Å². The van der Waals surface area contributed by atoms with Crippen LogP contribution in [0.5, 0.6) is 0 Å². The second kappa shape index (κ2) is 10.7. The summed E-state index contributed by atoms with van der Waals surface area (Å²) in [5.74, 6) is 0.707. The summed E-state index contributed by atoms with van der Waals surface area (Å²) < 4.78 is 29.2. The number of sulfone groups is 1. The number of nitrogens with one attached hydrogen (secondary N) is 2. The molecule has 0 saturated carbocycles. The van der Waals surface area contributed by atoms with Crippen LogP contribution in [0.15, 0.2) is 58.4 Å². The molecule has 0 bridgehead atoms. The molecule has 1 fully saturated rings. The van der Waals surface area contributed by atoms with Crippen LogP contribution in [0.3, 0.4) is 0 Å². The Morgan fingerprint density at radius 1 is 1.13 bits per heavy atom. The van der Waals surface area contributed by atoms with E-state index in [0.29, 0.717) is 17.4 Å². The van der Waals surface area contributed by atoms with Gasteiger partial charge in [-0.1, -0.05) is 42.5 Å². The molecule has 0 amide bonds. The van der Waals surface area contributed by atoms with Crippen LogP contribution < -0.4 is 10.6 Å². The predicted octanol–water partition coefficient (Wildman–Crippen LogP) is 2.14. The van der Waals surface area contributed by atoms with Gasteiger partial charge in [-0.05, 0) is 29.7 Å². The number of benzene rings is 2. The van der Waals surface area contributed by atoms with Gasteiger partial charge in [-0.3, -0.25) is 9.89 Å². The highest BCUT2D eigenvalue weighted by Crippen LogP contribution is 2.21. The lowest BCUT2D eigenvalue weighted by Crippen LogP contribution is -2.46. The highest BCUT2D eigenvalue weighted by Gasteiger charge is 2.22. The van der Waals surface area contributed by atoms with Crippen LogP contribution in [-0.4, -0.2) is 65.4 Å².